The van der Waals surface area contributed by atoms with Crippen molar-refractivity contribution in [2.75, 3.05) is 11.9 Å². The molecule has 1 N–H and O–H groups in total. The van der Waals surface area contributed by atoms with Gasteiger partial charge in [0.15, 0.2) is 0 Å². The van der Waals surface area contributed by atoms with Gasteiger partial charge in [0.2, 0.25) is 0 Å². The number of amides is 1. The third kappa shape index (κ3) is 3.49. The molecule has 0 bridgehead atoms. The summed E-state index contributed by atoms with van der Waals surface area (Å²) in [5.41, 5.74) is 3.51. The van der Waals surface area contributed by atoms with Crippen LogP contribution < -0.4 is 10.1 Å². The van der Waals surface area contributed by atoms with Gasteiger partial charge in [-0.25, -0.2) is 0 Å². The summed E-state index contributed by atoms with van der Waals surface area (Å²) in [7, 11) is 0. The van der Waals surface area contributed by atoms with Crippen molar-refractivity contribution < 1.29 is 9.53 Å². The van der Waals surface area contributed by atoms with E-state index in [1.807, 2.05) is 83.8 Å². The first-order chi connectivity index (χ1) is 13.8. The van der Waals surface area contributed by atoms with Crippen LogP contribution >= 0.6 is 0 Å². The molecule has 3 aromatic carbocycles. The minimum atomic E-state index is -0.330. The fraction of sp³-hybridized carbons (Fsp3) is 0.125. The first kappa shape index (κ1) is 17.9. The third-order valence-electron chi connectivity index (χ3n) is 4.79. The lowest BCUT2D eigenvalue weighted by molar-refractivity contribution is 0.0664. The van der Waals surface area contributed by atoms with E-state index < -0.39 is 0 Å². The standard InChI is InChI=1S/C24H22N2O2/c1-2-16-28-22-15-9-7-13-20(22)23-25-21-14-8-6-12-19(21)24(27)26(23)17-18-10-4-3-5-11-18/h2-15,23,25H,1,16-17H2. The van der Waals surface area contributed by atoms with Crippen molar-refractivity contribution in [3.63, 3.8) is 0 Å². The van der Waals surface area contributed by atoms with Crippen molar-refractivity contribution in [2.24, 2.45) is 0 Å². The zero-order valence-electron chi connectivity index (χ0n) is 15.5. The van der Waals surface area contributed by atoms with Crippen LogP contribution in [0, 0.1) is 0 Å². The van der Waals surface area contributed by atoms with Gasteiger partial charge in [0, 0.05) is 17.8 Å². The highest BCUT2D eigenvalue weighted by Crippen LogP contribution is 2.37. The highest BCUT2D eigenvalue weighted by molar-refractivity contribution is 6.01. The molecule has 0 saturated carbocycles. The van der Waals surface area contributed by atoms with Gasteiger partial charge in [-0.1, -0.05) is 73.3 Å². The molecule has 1 atom stereocenters. The summed E-state index contributed by atoms with van der Waals surface area (Å²) < 4.78 is 5.87. The fourth-order valence-electron chi connectivity index (χ4n) is 3.47. The van der Waals surface area contributed by atoms with Crippen molar-refractivity contribution in [1.82, 2.24) is 4.90 Å². The summed E-state index contributed by atoms with van der Waals surface area (Å²) >= 11 is 0. The van der Waals surface area contributed by atoms with Crippen LogP contribution in [-0.2, 0) is 6.54 Å². The van der Waals surface area contributed by atoms with Gasteiger partial charge in [-0.2, -0.15) is 0 Å². The van der Waals surface area contributed by atoms with Crippen LogP contribution in [-0.4, -0.2) is 17.4 Å². The molecule has 0 fully saturated rings. The van der Waals surface area contributed by atoms with Gasteiger partial charge in [0.1, 0.15) is 18.5 Å². The first-order valence-electron chi connectivity index (χ1n) is 9.31. The van der Waals surface area contributed by atoms with Crippen LogP contribution in [0.15, 0.2) is 91.5 Å². The number of para-hydroxylation sites is 2. The summed E-state index contributed by atoms with van der Waals surface area (Å²) in [6, 6.07) is 25.5. The molecule has 4 nitrogen and oxygen atoms in total. The molecule has 0 spiro atoms. The van der Waals surface area contributed by atoms with Crippen molar-refractivity contribution >= 4 is 11.6 Å². The quantitative estimate of drug-likeness (QED) is 0.620. The van der Waals surface area contributed by atoms with Gasteiger partial charge in [-0.3, -0.25) is 4.79 Å². The zero-order valence-corrected chi connectivity index (χ0v) is 15.5. The van der Waals surface area contributed by atoms with Crippen molar-refractivity contribution in [3.8, 4) is 5.75 Å². The maximum absolute atomic E-state index is 13.4. The molecule has 0 aliphatic carbocycles. The SMILES string of the molecule is C=CCOc1ccccc1C1Nc2ccccc2C(=O)N1Cc1ccccc1. The molecular formula is C24H22N2O2. The van der Waals surface area contributed by atoms with E-state index in [9.17, 15) is 4.79 Å². The maximum atomic E-state index is 13.4. The third-order valence-corrected chi connectivity index (χ3v) is 4.79. The minimum Gasteiger partial charge on any atom is -0.489 e. The fourth-order valence-corrected chi connectivity index (χ4v) is 3.47. The molecular weight excluding hydrogens is 348 g/mol. The van der Waals surface area contributed by atoms with E-state index in [0.29, 0.717) is 18.7 Å². The summed E-state index contributed by atoms with van der Waals surface area (Å²) in [6.45, 7) is 4.64. The summed E-state index contributed by atoms with van der Waals surface area (Å²) in [5.74, 6) is 0.742. The van der Waals surface area contributed by atoms with E-state index in [4.69, 9.17) is 4.74 Å². The highest BCUT2D eigenvalue weighted by atomic mass is 16.5. The highest BCUT2D eigenvalue weighted by Gasteiger charge is 2.34. The number of rotatable bonds is 6. The van der Waals surface area contributed by atoms with E-state index in [1.54, 1.807) is 6.08 Å². The Bertz CT molecular complexity index is 985. The average Bonchev–Trinajstić information content (AvgIpc) is 2.75. The normalized spacial score (nSPS) is 15.5. The second kappa shape index (κ2) is 8.01. The van der Waals surface area contributed by atoms with E-state index in [-0.39, 0.29) is 12.1 Å². The summed E-state index contributed by atoms with van der Waals surface area (Å²) in [4.78, 5) is 15.2. The molecule has 1 aliphatic heterocycles. The number of hydrogen-bond acceptors (Lipinski definition) is 3. The lowest BCUT2D eigenvalue weighted by Crippen LogP contribution is -2.42. The van der Waals surface area contributed by atoms with E-state index in [1.165, 1.54) is 0 Å². The Hall–Kier alpha value is -3.53. The molecule has 4 heteroatoms. The van der Waals surface area contributed by atoms with Crippen LogP contribution in [0.3, 0.4) is 0 Å². The number of carbonyl (C=O) groups excluding carboxylic acids is 1. The molecule has 0 saturated heterocycles. The Labute approximate surface area is 165 Å². The minimum absolute atomic E-state index is 0.00160. The van der Waals surface area contributed by atoms with Gasteiger partial charge >= 0.3 is 0 Å². The van der Waals surface area contributed by atoms with Gasteiger partial charge in [-0.15, -0.1) is 0 Å². The molecule has 1 aliphatic rings. The molecule has 1 heterocycles. The maximum Gasteiger partial charge on any atom is 0.258 e. The number of anilines is 1. The molecule has 140 valence electrons. The van der Waals surface area contributed by atoms with E-state index in [2.05, 4.69) is 11.9 Å². The largest absolute Gasteiger partial charge is 0.489 e. The zero-order chi connectivity index (χ0) is 19.3. The Morgan fingerprint density at radius 2 is 1.68 bits per heavy atom. The van der Waals surface area contributed by atoms with Crippen molar-refractivity contribution in [2.45, 2.75) is 12.7 Å². The van der Waals surface area contributed by atoms with Crippen LogP contribution in [0.5, 0.6) is 5.75 Å². The predicted octanol–water partition coefficient (Wildman–Crippen LogP) is 5.02. The smallest absolute Gasteiger partial charge is 0.258 e. The van der Waals surface area contributed by atoms with Gasteiger partial charge in [0.05, 0.1) is 5.56 Å². The average molecular weight is 370 g/mol. The second-order valence-electron chi connectivity index (χ2n) is 6.65. The van der Waals surface area contributed by atoms with Crippen LogP contribution in [0.25, 0.3) is 0 Å². The predicted molar refractivity (Wildman–Crippen MR) is 111 cm³/mol. The van der Waals surface area contributed by atoms with Crippen LogP contribution in [0.2, 0.25) is 0 Å². The van der Waals surface area contributed by atoms with Crippen LogP contribution in [0.1, 0.15) is 27.7 Å². The number of fused-ring (bicyclic) bond motifs is 1. The van der Waals surface area contributed by atoms with Crippen molar-refractivity contribution in [1.29, 1.82) is 0 Å². The topological polar surface area (TPSA) is 41.6 Å². The van der Waals surface area contributed by atoms with Crippen LogP contribution in [0.4, 0.5) is 5.69 Å². The number of benzene rings is 3. The van der Waals surface area contributed by atoms with Gasteiger partial charge in [-0.05, 0) is 23.8 Å². The second-order valence-corrected chi connectivity index (χ2v) is 6.65. The van der Waals surface area contributed by atoms with Gasteiger partial charge in [0.25, 0.3) is 5.91 Å². The number of nitrogens with one attached hydrogen (secondary N) is 1. The van der Waals surface area contributed by atoms with E-state index in [0.717, 1.165) is 22.6 Å². The Morgan fingerprint density at radius 3 is 2.50 bits per heavy atom. The monoisotopic (exact) mass is 370 g/mol. The summed E-state index contributed by atoms with van der Waals surface area (Å²) in [5, 5.41) is 3.53. The Balaban J connectivity index is 1.77. The first-order valence-corrected chi connectivity index (χ1v) is 9.31. The number of carbonyl (C=O) groups is 1. The molecule has 0 aromatic heterocycles. The molecule has 4 rings (SSSR count). The van der Waals surface area contributed by atoms with Crippen molar-refractivity contribution in [3.05, 3.63) is 108 Å². The number of ether oxygens (including phenoxy) is 1. The molecule has 28 heavy (non-hydrogen) atoms. The lowest BCUT2D eigenvalue weighted by Gasteiger charge is -2.38. The number of nitrogens with zero attached hydrogens (tertiary/aromatic N) is 1. The molecule has 3 aromatic rings. The lowest BCUT2D eigenvalue weighted by atomic mass is 10.0. The molecule has 1 unspecified atom stereocenters. The molecule has 1 amide bonds. The Morgan fingerprint density at radius 1 is 0.964 bits per heavy atom. The Kier molecular flexibility index (Phi) is 5.11. The van der Waals surface area contributed by atoms with E-state index >= 15 is 0 Å². The number of hydrogen-bond donors (Lipinski definition) is 1. The van der Waals surface area contributed by atoms with Gasteiger partial charge < -0.3 is 15.0 Å². The molecule has 0 radical (unpaired) electrons. The summed E-state index contributed by atoms with van der Waals surface area (Å²) in [6.07, 6.45) is 1.39.